The number of amides is 4. The van der Waals surface area contributed by atoms with Gasteiger partial charge in [0.2, 0.25) is 0 Å². The molecule has 2 aliphatic rings. The van der Waals surface area contributed by atoms with Crippen LogP contribution in [-0.4, -0.2) is 29.4 Å². The summed E-state index contributed by atoms with van der Waals surface area (Å²) in [6, 6.07) is 10.9. The summed E-state index contributed by atoms with van der Waals surface area (Å²) in [4.78, 5) is 42.0. The molecule has 176 valence electrons. The highest BCUT2D eigenvalue weighted by atomic mass is 16.2. The molecule has 6 nitrogen and oxygen atoms in total. The number of aryl methyl sites for hydroxylation is 1. The number of hydrogen-bond donors (Lipinski definition) is 1. The molecule has 0 aliphatic carbocycles. The maximum atomic E-state index is 13.4. The highest BCUT2D eigenvalue weighted by Gasteiger charge is 2.38. The number of nitrogens with zero attached hydrogens (tertiary/aromatic N) is 2. The van der Waals surface area contributed by atoms with Crippen LogP contribution in [-0.2, 0) is 9.59 Å². The van der Waals surface area contributed by atoms with Crippen molar-refractivity contribution < 1.29 is 14.4 Å². The number of hydrogen-bond acceptors (Lipinski definition) is 4. The van der Waals surface area contributed by atoms with E-state index in [1.165, 1.54) is 0 Å². The standard InChI is InChI=1S/C28H31N3O3/c1-16(2)31-24-12-11-20(13-21(24)18(4)15-28(31,6)7)14-22-25(32)29-27(34)30(26(22)33)23-10-8-9-17(3)19(23)5/h8-16H,1-7H3,(H,29,32,34)/b22-14+. The van der Waals surface area contributed by atoms with E-state index in [0.29, 0.717) is 11.7 Å². The molecule has 1 N–H and O–H groups in total. The molecule has 0 aromatic heterocycles. The van der Waals surface area contributed by atoms with E-state index >= 15 is 0 Å². The normalized spacial score (nSPS) is 18.9. The van der Waals surface area contributed by atoms with Crippen LogP contribution in [0, 0.1) is 13.8 Å². The third kappa shape index (κ3) is 3.83. The summed E-state index contributed by atoms with van der Waals surface area (Å²) in [5.41, 5.74) is 6.09. The van der Waals surface area contributed by atoms with E-state index in [9.17, 15) is 14.4 Å². The Morgan fingerprint density at radius 1 is 0.971 bits per heavy atom. The zero-order valence-corrected chi connectivity index (χ0v) is 20.8. The number of carbonyl (C=O) groups excluding carboxylic acids is 3. The minimum absolute atomic E-state index is 0.0704. The topological polar surface area (TPSA) is 69.7 Å². The molecular weight excluding hydrogens is 426 g/mol. The average molecular weight is 458 g/mol. The summed E-state index contributed by atoms with van der Waals surface area (Å²) >= 11 is 0. The van der Waals surface area contributed by atoms with Gasteiger partial charge in [-0.05, 0) is 95.0 Å². The predicted molar refractivity (Wildman–Crippen MR) is 137 cm³/mol. The lowest BCUT2D eigenvalue weighted by Gasteiger charge is -2.46. The fourth-order valence-corrected chi connectivity index (χ4v) is 5.12. The molecule has 0 radical (unpaired) electrons. The van der Waals surface area contributed by atoms with Crippen LogP contribution < -0.4 is 15.1 Å². The van der Waals surface area contributed by atoms with Crippen LogP contribution in [0.4, 0.5) is 16.2 Å². The zero-order chi connectivity index (χ0) is 24.9. The Kier molecular flexibility index (Phi) is 5.72. The number of rotatable bonds is 3. The second kappa shape index (κ2) is 8.28. The number of barbiturate groups is 1. The van der Waals surface area contributed by atoms with Crippen LogP contribution in [0.15, 0.2) is 48.0 Å². The van der Waals surface area contributed by atoms with Crippen LogP contribution in [0.1, 0.15) is 56.9 Å². The molecule has 2 aromatic rings. The Morgan fingerprint density at radius 2 is 1.68 bits per heavy atom. The van der Waals surface area contributed by atoms with Gasteiger partial charge in [0.15, 0.2) is 0 Å². The molecule has 34 heavy (non-hydrogen) atoms. The van der Waals surface area contributed by atoms with Gasteiger partial charge < -0.3 is 4.90 Å². The summed E-state index contributed by atoms with van der Waals surface area (Å²) < 4.78 is 0. The van der Waals surface area contributed by atoms with Crippen molar-refractivity contribution in [2.45, 2.75) is 60.0 Å². The average Bonchev–Trinajstić information content (AvgIpc) is 2.73. The van der Waals surface area contributed by atoms with Crippen molar-refractivity contribution >= 4 is 40.9 Å². The van der Waals surface area contributed by atoms with E-state index in [4.69, 9.17) is 0 Å². The zero-order valence-electron chi connectivity index (χ0n) is 20.8. The number of nitrogens with one attached hydrogen (secondary N) is 1. The minimum Gasteiger partial charge on any atom is -0.360 e. The molecule has 0 bridgehead atoms. The third-order valence-corrected chi connectivity index (χ3v) is 6.64. The molecule has 0 spiro atoms. The van der Waals surface area contributed by atoms with E-state index in [0.717, 1.165) is 38.4 Å². The number of urea groups is 1. The van der Waals surface area contributed by atoms with Crippen LogP contribution in [0.3, 0.4) is 0 Å². The molecule has 2 heterocycles. The molecule has 6 heteroatoms. The van der Waals surface area contributed by atoms with Crippen molar-refractivity contribution in [3.8, 4) is 0 Å². The van der Waals surface area contributed by atoms with Gasteiger partial charge in [0, 0.05) is 17.3 Å². The molecule has 4 amide bonds. The summed E-state index contributed by atoms with van der Waals surface area (Å²) in [5, 5.41) is 2.32. The van der Waals surface area contributed by atoms with Crippen LogP contribution in [0.2, 0.25) is 0 Å². The lowest BCUT2D eigenvalue weighted by Crippen LogP contribution is -2.54. The summed E-state index contributed by atoms with van der Waals surface area (Å²) in [6.07, 6.45) is 3.81. The first-order valence-electron chi connectivity index (χ1n) is 11.5. The van der Waals surface area contributed by atoms with Crippen molar-refractivity contribution in [2.75, 3.05) is 9.80 Å². The van der Waals surface area contributed by atoms with Gasteiger partial charge in [-0.15, -0.1) is 0 Å². The smallest absolute Gasteiger partial charge is 0.335 e. The van der Waals surface area contributed by atoms with Gasteiger partial charge in [-0.25, -0.2) is 9.69 Å². The largest absolute Gasteiger partial charge is 0.360 e. The molecule has 0 unspecified atom stereocenters. The van der Waals surface area contributed by atoms with Crippen molar-refractivity contribution in [3.05, 3.63) is 70.3 Å². The first kappa shape index (κ1) is 23.5. The van der Waals surface area contributed by atoms with Gasteiger partial charge in [0.05, 0.1) is 11.2 Å². The lowest BCUT2D eigenvalue weighted by molar-refractivity contribution is -0.122. The first-order chi connectivity index (χ1) is 15.9. The fourth-order valence-electron chi connectivity index (χ4n) is 5.12. The Bertz CT molecular complexity index is 1280. The van der Waals surface area contributed by atoms with Crippen molar-refractivity contribution in [3.63, 3.8) is 0 Å². The van der Waals surface area contributed by atoms with Gasteiger partial charge in [-0.1, -0.05) is 24.3 Å². The number of imide groups is 2. The molecule has 1 saturated heterocycles. The Labute approximate surface area is 200 Å². The molecular formula is C28H31N3O3. The minimum atomic E-state index is -0.736. The van der Waals surface area contributed by atoms with E-state index < -0.39 is 17.8 Å². The summed E-state index contributed by atoms with van der Waals surface area (Å²) in [5.74, 6) is -1.32. The molecule has 1 fully saturated rings. The quantitative estimate of drug-likeness (QED) is 0.496. The van der Waals surface area contributed by atoms with E-state index in [1.54, 1.807) is 18.2 Å². The van der Waals surface area contributed by atoms with Crippen LogP contribution in [0.25, 0.3) is 11.6 Å². The second-order valence-electron chi connectivity index (χ2n) is 9.90. The molecule has 0 atom stereocenters. The van der Waals surface area contributed by atoms with Gasteiger partial charge in [0.25, 0.3) is 11.8 Å². The first-order valence-corrected chi connectivity index (χ1v) is 11.5. The Balaban J connectivity index is 1.78. The SMILES string of the molecule is CC1=CC(C)(C)N(C(C)C)c2ccc(/C=C3\C(=O)NC(=O)N(c4cccc(C)c4C)C3=O)cc21. The maximum absolute atomic E-state index is 13.4. The van der Waals surface area contributed by atoms with E-state index in [1.807, 2.05) is 38.1 Å². The number of allylic oxidation sites excluding steroid dienone is 1. The maximum Gasteiger partial charge on any atom is 0.335 e. The van der Waals surface area contributed by atoms with Crippen LogP contribution >= 0.6 is 0 Å². The number of carbonyl (C=O) groups is 3. The highest BCUT2D eigenvalue weighted by molar-refractivity contribution is 6.39. The summed E-state index contributed by atoms with van der Waals surface area (Å²) in [6.45, 7) is 14.6. The lowest BCUT2D eigenvalue weighted by atomic mass is 9.86. The fraction of sp³-hybridized carbons (Fsp3) is 0.321. The van der Waals surface area contributed by atoms with Gasteiger partial charge in [-0.2, -0.15) is 0 Å². The Hall–Kier alpha value is -3.67. The van der Waals surface area contributed by atoms with Gasteiger partial charge in [-0.3, -0.25) is 14.9 Å². The second-order valence-corrected chi connectivity index (χ2v) is 9.90. The molecule has 0 saturated carbocycles. The van der Waals surface area contributed by atoms with Crippen LogP contribution in [0.5, 0.6) is 0 Å². The molecule has 2 aromatic carbocycles. The number of benzene rings is 2. The Morgan fingerprint density at radius 3 is 2.35 bits per heavy atom. The highest BCUT2D eigenvalue weighted by Crippen LogP contribution is 2.41. The molecule has 2 aliphatic heterocycles. The van der Waals surface area contributed by atoms with E-state index in [2.05, 4.69) is 50.9 Å². The third-order valence-electron chi connectivity index (χ3n) is 6.64. The van der Waals surface area contributed by atoms with Gasteiger partial charge in [0.1, 0.15) is 5.57 Å². The predicted octanol–water partition coefficient (Wildman–Crippen LogP) is 5.38. The molecule has 4 rings (SSSR count). The number of anilines is 2. The van der Waals surface area contributed by atoms with Gasteiger partial charge >= 0.3 is 6.03 Å². The summed E-state index contributed by atoms with van der Waals surface area (Å²) in [7, 11) is 0. The van der Waals surface area contributed by atoms with Crippen molar-refractivity contribution in [2.24, 2.45) is 0 Å². The van der Waals surface area contributed by atoms with E-state index in [-0.39, 0.29) is 11.1 Å². The van der Waals surface area contributed by atoms with Crippen molar-refractivity contribution in [1.82, 2.24) is 5.32 Å². The monoisotopic (exact) mass is 457 g/mol. The van der Waals surface area contributed by atoms with Crippen molar-refractivity contribution in [1.29, 1.82) is 0 Å². The number of fused-ring (bicyclic) bond motifs is 1.